The molecule has 6 aliphatic heterocycles. The molecule has 71 heavy (non-hydrogen) atoms. The minimum absolute atomic E-state index is 0.131. The van der Waals surface area contributed by atoms with Crippen LogP contribution in [0.2, 0.25) is 0 Å². The van der Waals surface area contributed by atoms with Crippen molar-refractivity contribution in [1.82, 2.24) is 34.2 Å². The highest BCUT2D eigenvalue weighted by Crippen LogP contribution is 2.46. The standard InChI is InChI=1S/C53H59N11O7/c1-30-25-59(33-12-14-61-35(21-33)29-71-47-38-27-64(42-8-10-46(66)57-49(42)67)50(68)37(38)6-7-41(47)61)15-16-60(30)34-5-9-45(55-24-34)56-40-19-32(26-58(4)51(40)69)36-11-13-54-48(39(36)28-65)63-18-17-62-43(52(63)70)20-31-22-53(2,3)23-44(31)62/h5-7,9,11,13,19-20,24,26,30,33,35,42,65H,8,10,12,14-18,21-23,25,27-29H2,1-4H3,(H,55,56)(H,57,66,67)/t30-,33+,35+,42?/m0/s1. The number of pyridine rings is 3. The fourth-order valence-electron chi connectivity index (χ4n) is 12.7. The molecule has 1 aliphatic carbocycles. The Hall–Kier alpha value is -7.05. The molecule has 1 aromatic carbocycles. The maximum atomic E-state index is 14.0. The minimum atomic E-state index is -0.668. The van der Waals surface area contributed by atoms with Crippen LogP contribution in [0.5, 0.6) is 5.75 Å². The maximum Gasteiger partial charge on any atom is 0.276 e. The van der Waals surface area contributed by atoms with E-state index in [0.29, 0.717) is 77.4 Å². The number of hydrogen-bond donors (Lipinski definition) is 3. The number of ether oxygens (including phenoxy) is 1. The summed E-state index contributed by atoms with van der Waals surface area (Å²) in [7, 11) is 1.69. The van der Waals surface area contributed by atoms with E-state index in [-0.39, 0.29) is 60.4 Å². The molecule has 5 aromatic rings. The largest absolute Gasteiger partial charge is 0.489 e. The summed E-state index contributed by atoms with van der Waals surface area (Å²) in [5, 5.41) is 16.5. The van der Waals surface area contributed by atoms with Crippen molar-refractivity contribution < 1.29 is 29.0 Å². The zero-order chi connectivity index (χ0) is 49.0. The Bertz CT molecular complexity index is 3110. The van der Waals surface area contributed by atoms with E-state index in [1.165, 1.54) is 15.8 Å². The van der Waals surface area contributed by atoms with Crippen LogP contribution in [0.3, 0.4) is 0 Å². The number of carbonyl (C=O) groups is 4. The molecule has 0 spiro atoms. The molecule has 4 aromatic heterocycles. The van der Waals surface area contributed by atoms with Crippen molar-refractivity contribution in [2.24, 2.45) is 12.5 Å². The lowest BCUT2D eigenvalue weighted by molar-refractivity contribution is -0.136. The summed E-state index contributed by atoms with van der Waals surface area (Å²) in [5.74, 6) is 0.630. The van der Waals surface area contributed by atoms with Crippen molar-refractivity contribution in [3.8, 4) is 16.9 Å². The molecule has 18 heteroatoms. The number of aromatic nitrogens is 4. The number of anilines is 5. The van der Waals surface area contributed by atoms with E-state index in [9.17, 15) is 29.1 Å². The summed E-state index contributed by atoms with van der Waals surface area (Å²) < 4.78 is 10.2. The zero-order valence-corrected chi connectivity index (χ0v) is 40.6. The number of fused-ring (bicyclic) bond motifs is 8. The first-order valence-corrected chi connectivity index (χ1v) is 25.0. The van der Waals surface area contributed by atoms with Gasteiger partial charge in [0.2, 0.25) is 11.8 Å². The van der Waals surface area contributed by atoms with E-state index in [4.69, 9.17) is 9.72 Å². The number of nitrogens with one attached hydrogen (secondary N) is 2. The van der Waals surface area contributed by atoms with Gasteiger partial charge in [-0.05, 0) is 98.0 Å². The number of piperazine rings is 1. The number of imide groups is 1. The van der Waals surface area contributed by atoms with Crippen molar-refractivity contribution in [3.63, 3.8) is 0 Å². The quantitative estimate of drug-likeness (QED) is 0.186. The van der Waals surface area contributed by atoms with Gasteiger partial charge in [-0.15, -0.1) is 0 Å². The number of piperidine rings is 2. The normalized spacial score (nSPS) is 23.7. The number of aryl methyl sites for hydroxylation is 1. The Morgan fingerprint density at radius 1 is 0.887 bits per heavy atom. The van der Waals surface area contributed by atoms with Crippen LogP contribution >= 0.6 is 0 Å². The Labute approximate surface area is 411 Å². The van der Waals surface area contributed by atoms with Gasteiger partial charge in [-0.2, -0.15) is 0 Å². The molecule has 18 nitrogen and oxygen atoms in total. The van der Waals surface area contributed by atoms with Crippen LogP contribution < -0.4 is 35.6 Å². The van der Waals surface area contributed by atoms with Gasteiger partial charge in [0.05, 0.1) is 36.8 Å². The molecule has 0 saturated carbocycles. The monoisotopic (exact) mass is 961 g/mol. The number of rotatable bonds is 8. The molecule has 3 N–H and O–H groups in total. The molecular formula is C53H59N11O7. The number of amides is 4. The van der Waals surface area contributed by atoms with Crippen LogP contribution in [0.25, 0.3) is 11.1 Å². The molecule has 0 bridgehead atoms. The lowest BCUT2D eigenvalue weighted by Gasteiger charge is -2.50. The number of aliphatic hydroxyl groups is 1. The Kier molecular flexibility index (Phi) is 10.8. The van der Waals surface area contributed by atoms with Crippen molar-refractivity contribution >= 4 is 52.3 Å². The third kappa shape index (κ3) is 7.64. The van der Waals surface area contributed by atoms with E-state index in [2.05, 4.69) is 55.7 Å². The smallest absolute Gasteiger partial charge is 0.276 e. The lowest BCUT2D eigenvalue weighted by Crippen LogP contribution is -2.59. The van der Waals surface area contributed by atoms with E-state index >= 15 is 0 Å². The molecule has 1 unspecified atom stereocenters. The molecule has 3 saturated heterocycles. The van der Waals surface area contributed by atoms with Gasteiger partial charge in [-0.1, -0.05) is 13.8 Å². The Morgan fingerprint density at radius 3 is 2.54 bits per heavy atom. The lowest BCUT2D eigenvalue weighted by atomic mass is 9.90. The third-order valence-corrected chi connectivity index (χ3v) is 16.1. The number of hydrogen-bond acceptors (Lipinski definition) is 13. The second-order valence-corrected chi connectivity index (χ2v) is 21.2. The van der Waals surface area contributed by atoms with Gasteiger partial charge < -0.3 is 39.0 Å². The summed E-state index contributed by atoms with van der Waals surface area (Å²) in [4.78, 5) is 85.6. The second kappa shape index (κ2) is 17.1. The Morgan fingerprint density at radius 2 is 1.75 bits per heavy atom. The van der Waals surface area contributed by atoms with Gasteiger partial charge >= 0.3 is 0 Å². The van der Waals surface area contributed by atoms with Gasteiger partial charge in [0, 0.05) is 105 Å². The average Bonchev–Trinajstić information content (AvgIpc) is 3.99. The number of carbonyl (C=O) groups excluding carboxylic acids is 4. The fraction of sp³-hybridized carbons (Fsp3) is 0.453. The number of aliphatic hydroxyl groups excluding tert-OH is 1. The van der Waals surface area contributed by atoms with E-state index in [0.717, 1.165) is 74.6 Å². The minimum Gasteiger partial charge on any atom is -0.489 e. The van der Waals surface area contributed by atoms with Crippen molar-refractivity contribution in [3.05, 3.63) is 105 Å². The van der Waals surface area contributed by atoms with Crippen LogP contribution in [0, 0.1) is 5.41 Å². The van der Waals surface area contributed by atoms with Gasteiger partial charge in [0.15, 0.2) is 0 Å². The molecule has 4 atom stereocenters. The van der Waals surface area contributed by atoms with Gasteiger partial charge in [-0.25, -0.2) is 9.97 Å². The van der Waals surface area contributed by atoms with Gasteiger partial charge in [0.25, 0.3) is 17.4 Å². The van der Waals surface area contributed by atoms with Crippen LogP contribution in [-0.2, 0) is 49.2 Å². The topological polar surface area (TPSA) is 191 Å². The summed E-state index contributed by atoms with van der Waals surface area (Å²) in [6.07, 6.45) is 9.62. The highest BCUT2D eigenvalue weighted by atomic mass is 16.5. The van der Waals surface area contributed by atoms with Crippen molar-refractivity contribution in [2.75, 3.05) is 59.3 Å². The predicted molar refractivity (Wildman–Crippen MR) is 266 cm³/mol. The van der Waals surface area contributed by atoms with Gasteiger partial charge in [-0.3, -0.25) is 39.1 Å². The van der Waals surface area contributed by atoms with Gasteiger partial charge in [0.1, 0.15) is 41.4 Å². The highest BCUT2D eigenvalue weighted by molar-refractivity contribution is 6.07. The van der Waals surface area contributed by atoms with Crippen LogP contribution in [-0.4, -0.2) is 121 Å². The maximum absolute atomic E-state index is 14.0. The summed E-state index contributed by atoms with van der Waals surface area (Å²) in [6, 6.07) is 13.6. The van der Waals surface area contributed by atoms with Crippen LogP contribution in [0.1, 0.15) is 89.7 Å². The van der Waals surface area contributed by atoms with Crippen molar-refractivity contribution in [1.29, 1.82) is 0 Å². The Balaban J connectivity index is 0.690. The van der Waals surface area contributed by atoms with E-state index < -0.39 is 11.9 Å². The third-order valence-electron chi connectivity index (χ3n) is 16.1. The van der Waals surface area contributed by atoms with E-state index in [1.54, 1.807) is 35.3 Å². The molecule has 3 fully saturated rings. The molecular weight excluding hydrogens is 903 g/mol. The SMILES string of the molecule is C[C@H]1CN([C@@H]2CCN3c4ccc5c(c4OC[C@H]3C2)CN(C2CCC(=O)NC2=O)C5=O)CCN1c1ccc(Nc2cc(-c3ccnc(N4CCn5c(cc6c5CC(C)(C)C6)C4=O)c3CO)cn(C)c2=O)nc1. The number of nitrogens with zero attached hydrogens (tertiary/aromatic N) is 9. The summed E-state index contributed by atoms with van der Waals surface area (Å²) >= 11 is 0. The first-order chi connectivity index (χ1) is 34.2. The molecule has 12 rings (SSSR count). The molecule has 0 radical (unpaired) electrons. The second-order valence-electron chi connectivity index (χ2n) is 21.2. The zero-order valence-electron chi connectivity index (χ0n) is 40.6. The highest BCUT2D eigenvalue weighted by Gasteiger charge is 2.44. The fourth-order valence-corrected chi connectivity index (χ4v) is 12.7. The average molecular weight is 962 g/mol. The first kappa shape index (κ1) is 45.1. The molecule has 7 aliphatic rings. The van der Waals surface area contributed by atoms with Crippen LogP contribution in [0.4, 0.5) is 28.7 Å². The molecule has 368 valence electrons. The molecule has 4 amide bonds. The molecule has 10 heterocycles. The van der Waals surface area contributed by atoms with Crippen molar-refractivity contribution in [2.45, 2.75) is 103 Å². The predicted octanol–water partition coefficient (Wildman–Crippen LogP) is 4.37. The van der Waals surface area contributed by atoms with Crippen LogP contribution in [0.15, 0.2) is 65.8 Å². The summed E-state index contributed by atoms with van der Waals surface area (Å²) in [5.41, 5.74) is 8.68. The first-order valence-electron chi connectivity index (χ1n) is 25.0. The number of benzene rings is 1. The van der Waals surface area contributed by atoms with E-state index in [1.807, 2.05) is 42.6 Å². The summed E-state index contributed by atoms with van der Waals surface area (Å²) in [6.45, 7) is 11.8.